The van der Waals surface area contributed by atoms with E-state index in [9.17, 15) is 14.7 Å². The fourth-order valence-electron chi connectivity index (χ4n) is 3.58. The minimum Gasteiger partial charge on any atom is -0.508 e. The number of pyridine rings is 1. The van der Waals surface area contributed by atoms with Crippen molar-refractivity contribution in [2.24, 2.45) is 0 Å². The highest BCUT2D eigenvalue weighted by Gasteiger charge is 2.14. The van der Waals surface area contributed by atoms with Crippen molar-refractivity contribution in [2.75, 3.05) is 0 Å². The summed E-state index contributed by atoms with van der Waals surface area (Å²) in [4.78, 5) is 25.2. The van der Waals surface area contributed by atoms with E-state index in [4.69, 9.17) is 11.6 Å². The molecule has 174 valence electrons. The molecular formula is C25H18ClN5O3S. The second-order valence-corrected chi connectivity index (χ2v) is 9.31. The molecule has 0 atom stereocenters. The lowest BCUT2D eigenvalue weighted by molar-refractivity contribution is 0.0954. The number of thiophene rings is 1. The van der Waals surface area contributed by atoms with Crippen LogP contribution in [0.4, 0.5) is 0 Å². The number of phenolic OH excluding ortho intramolecular Hbond substituents is 1. The van der Waals surface area contributed by atoms with Gasteiger partial charge in [-0.1, -0.05) is 35.0 Å². The Hall–Kier alpha value is -4.21. The number of hydrogen-bond donors (Lipinski definition) is 2. The summed E-state index contributed by atoms with van der Waals surface area (Å²) in [6.07, 6.45) is 3.43. The lowest BCUT2D eigenvalue weighted by Gasteiger charge is -2.13. The molecule has 0 bridgehead atoms. The van der Waals surface area contributed by atoms with Crippen molar-refractivity contribution >= 4 is 28.8 Å². The summed E-state index contributed by atoms with van der Waals surface area (Å²) in [7, 11) is 0. The number of benzene rings is 2. The van der Waals surface area contributed by atoms with Gasteiger partial charge in [-0.15, -0.1) is 16.4 Å². The molecule has 3 aromatic heterocycles. The average molecular weight is 504 g/mol. The maximum atomic E-state index is 12.4. The first-order chi connectivity index (χ1) is 17.0. The lowest BCUT2D eigenvalue weighted by Crippen LogP contribution is -2.21. The number of nitrogens with zero attached hydrogens (tertiary/aromatic N) is 4. The van der Waals surface area contributed by atoms with Gasteiger partial charge >= 0.3 is 0 Å². The summed E-state index contributed by atoms with van der Waals surface area (Å²) in [6.45, 7) is 0.195. The van der Waals surface area contributed by atoms with Crippen molar-refractivity contribution in [1.82, 2.24) is 24.9 Å². The van der Waals surface area contributed by atoms with Gasteiger partial charge in [0.15, 0.2) is 0 Å². The standard InChI is InChI=1S/C25H18ClN5O3S/c26-23-11-10-22(35-23)25(34)27-14-17-15-31(29-28-17)21-9-6-18(30-12-2-1-3-24(30)33)13-20(21)16-4-7-19(32)8-5-16/h1-13,15,32H,14H2,(H,27,34). The van der Waals surface area contributed by atoms with Crippen LogP contribution in [0.25, 0.3) is 22.5 Å². The molecule has 10 heteroatoms. The molecule has 8 nitrogen and oxygen atoms in total. The predicted molar refractivity (Wildman–Crippen MR) is 135 cm³/mol. The van der Waals surface area contributed by atoms with Crippen LogP contribution in [0.15, 0.2) is 90.0 Å². The number of rotatable bonds is 6. The molecule has 0 saturated carbocycles. The molecule has 0 aliphatic carbocycles. The van der Waals surface area contributed by atoms with Crippen LogP contribution < -0.4 is 10.9 Å². The van der Waals surface area contributed by atoms with E-state index in [0.29, 0.717) is 20.6 Å². The molecule has 2 N–H and O–H groups in total. The van der Waals surface area contributed by atoms with Crippen molar-refractivity contribution in [3.05, 3.63) is 110 Å². The number of aromatic nitrogens is 4. The van der Waals surface area contributed by atoms with E-state index < -0.39 is 0 Å². The Kier molecular flexibility index (Phi) is 6.17. The van der Waals surface area contributed by atoms with Crippen LogP contribution in [0, 0.1) is 0 Å². The molecule has 0 spiro atoms. The zero-order chi connectivity index (χ0) is 24.4. The molecule has 0 saturated heterocycles. The molecular weight excluding hydrogens is 486 g/mol. The average Bonchev–Trinajstić information content (AvgIpc) is 3.52. The third-order valence-electron chi connectivity index (χ3n) is 5.27. The number of halogens is 1. The maximum absolute atomic E-state index is 12.4. The lowest BCUT2D eigenvalue weighted by atomic mass is 10.0. The van der Waals surface area contributed by atoms with Gasteiger partial charge in [-0.3, -0.25) is 14.2 Å². The first-order valence-electron chi connectivity index (χ1n) is 10.5. The smallest absolute Gasteiger partial charge is 0.261 e. The summed E-state index contributed by atoms with van der Waals surface area (Å²) >= 11 is 7.11. The van der Waals surface area contributed by atoms with Crippen LogP contribution in [-0.4, -0.2) is 30.6 Å². The third kappa shape index (κ3) is 4.86. The van der Waals surface area contributed by atoms with E-state index in [2.05, 4.69) is 15.6 Å². The molecule has 0 radical (unpaired) electrons. The SMILES string of the molecule is O=C(NCc1cn(-c2ccc(-n3ccccc3=O)cc2-c2ccc(O)cc2)nn1)c1ccc(Cl)s1. The first-order valence-corrected chi connectivity index (χ1v) is 11.7. The van der Waals surface area contributed by atoms with Gasteiger partial charge in [-0.05, 0) is 54.1 Å². The molecule has 0 unspecified atom stereocenters. The molecule has 0 fully saturated rings. The van der Waals surface area contributed by atoms with Gasteiger partial charge in [0.2, 0.25) is 0 Å². The van der Waals surface area contributed by atoms with Gasteiger partial charge in [0.05, 0.1) is 27.6 Å². The number of hydrogen-bond acceptors (Lipinski definition) is 6. The topological polar surface area (TPSA) is 102 Å². The molecule has 0 aliphatic heterocycles. The molecule has 35 heavy (non-hydrogen) atoms. The minimum atomic E-state index is -0.237. The van der Waals surface area contributed by atoms with Gasteiger partial charge in [-0.2, -0.15) is 0 Å². The highest BCUT2D eigenvalue weighted by Crippen LogP contribution is 2.30. The summed E-state index contributed by atoms with van der Waals surface area (Å²) in [5.74, 6) is -0.0876. The van der Waals surface area contributed by atoms with Gasteiger partial charge in [0.25, 0.3) is 11.5 Å². The zero-order valence-electron chi connectivity index (χ0n) is 18.1. The Morgan fingerprint density at radius 1 is 1.06 bits per heavy atom. The van der Waals surface area contributed by atoms with Crippen molar-refractivity contribution in [1.29, 1.82) is 0 Å². The van der Waals surface area contributed by atoms with E-state index in [0.717, 1.165) is 16.8 Å². The third-order valence-corrected chi connectivity index (χ3v) is 6.50. The molecule has 1 amide bonds. The Labute approximate surface area is 208 Å². The number of phenols is 1. The van der Waals surface area contributed by atoms with Crippen LogP contribution in [0.1, 0.15) is 15.4 Å². The van der Waals surface area contributed by atoms with Crippen molar-refractivity contribution < 1.29 is 9.90 Å². The number of carbonyl (C=O) groups is 1. The van der Waals surface area contributed by atoms with E-state index in [1.807, 2.05) is 18.2 Å². The highest BCUT2D eigenvalue weighted by molar-refractivity contribution is 7.17. The Morgan fingerprint density at radius 3 is 2.63 bits per heavy atom. The maximum Gasteiger partial charge on any atom is 0.261 e. The minimum absolute atomic E-state index is 0.150. The molecule has 3 heterocycles. The summed E-state index contributed by atoms with van der Waals surface area (Å²) < 4.78 is 3.71. The summed E-state index contributed by atoms with van der Waals surface area (Å²) in [5, 5.41) is 21.0. The Balaban J connectivity index is 1.48. The van der Waals surface area contributed by atoms with Crippen molar-refractivity contribution in [3.8, 4) is 28.3 Å². The molecule has 2 aromatic carbocycles. The van der Waals surface area contributed by atoms with Gasteiger partial charge in [0.1, 0.15) is 11.4 Å². The van der Waals surface area contributed by atoms with E-state index in [1.165, 1.54) is 17.4 Å². The highest BCUT2D eigenvalue weighted by atomic mass is 35.5. The quantitative estimate of drug-likeness (QED) is 0.357. The van der Waals surface area contributed by atoms with Gasteiger partial charge < -0.3 is 10.4 Å². The predicted octanol–water partition coefficient (Wildman–Crippen LogP) is 4.44. The first kappa shape index (κ1) is 22.6. The van der Waals surface area contributed by atoms with Crippen LogP contribution in [0.2, 0.25) is 4.34 Å². The fourth-order valence-corrected chi connectivity index (χ4v) is 4.54. The van der Waals surface area contributed by atoms with Crippen LogP contribution in [0.5, 0.6) is 5.75 Å². The van der Waals surface area contributed by atoms with Crippen LogP contribution in [-0.2, 0) is 6.54 Å². The van der Waals surface area contributed by atoms with E-state index in [1.54, 1.807) is 70.2 Å². The van der Waals surface area contributed by atoms with E-state index in [-0.39, 0.29) is 23.8 Å². The summed E-state index contributed by atoms with van der Waals surface area (Å²) in [6, 6.07) is 20.6. The Bertz CT molecular complexity index is 1570. The number of amides is 1. The van der Waals surface area contributed by atoms with Crippen LogP contribution in [0.3, 0.4) is 0 Å². The molecule has 5 rings (SSSR count). The van der Waals surface area contributed by atoms with E-state index >= 15 is 0 Å². The number of carbonyl (C=O) groups excluding carboxylic acids is 1. The van der Waals surface area contributed by atoms with Gasteiger partial charge in [-0.25, -0.2) is 4.68 Å². The molecule has 0 aliphatic rings. The van der Waals surface area contributed by atoms with Crippen LogP contribution >= 0.6 is 22.9 Å². The zero-order valence-corrected chi connectivity index (χ0v) is 19.7. The summed E-state index contributed by atoms with van der Waals surface area (Å²) in [5.41, 5.74) is 3.43. The number of nitrogens with one attached hydrogen (secondary N) is 1. The monoisotopic (exact) mass is 503 g/mol. The second-order valence-electron chi connectivity index (χ2n) is 7.60. The number of aromatic hydroxyl groups is 1. The normalized spacial score (nSPS) is 10.9. The molecule has 5 aromatic rings. The van der Waals surface area contributed by atoms with Crippen molar-refractivity contribution in [3.63, 3.8) is 0 Å². The largest absolute Gasteiger partial charge is 0.508 e. The second kappa shape index (κ2) is 9.57. The fraction of sp³-hybridized carbons (Fsp3) is 0.0400. The Morgan fingerprint density at radius 2 is 1.89 bits per heavy atom. The van der Waals surface area contributed by atoms with Crippen molar-refractivity contribution in [2.45, 2.75) is 6.54 Å². The van der Waals surface area contributed by atoms with Gasteiger partial charge in [0, 0.05) is 23.5 Å².